The van der Waals surface area contributed by atoms with Crippen molar-refractivity contribution in [3.8, 4) is 0 Å². The Labute approximate surface area is 156 Å². The molecular weight excluding hydrogens is 362 g/mol. The second-order valence-electron chi connectivity index (χ2n) is 5.81. The van der Waals surface area contributed by atoms with E-state index in [-0.39, 0.29) is 41.9 Å². The highest BCUT2D eigenvalue weighted by Gasteiger charge is 2.34. The maximum absolute atomic E-state index is 12.5. The van der Waals surface area contributed by atoms with Crippen LogP contribution in [0.4, 0.5) is 5.69 Å². The van der Waals surface area contributed by atoms with Crippen LogP contribution < -0.4 is 5.32 Å². The first kappa shape index (κ1) is 19.7. The summed E-state index contributed by atoms with van der Waals surface area (Å²) in [4.78, 5) is 39.2. The zero-order valence-electron chi connectivity index (χ0n) is 14.7. The summed E-state index contributed by atoms with van der Waals surface area (Å²) in [5, 5.41) is 12.2. The van der Waals surface area contributed by atoms with E-state index in [1.54, 1.807) is 20.2 Å². The summed E-state index contributed by atoms with van der Waals surface area (Å²) in [6.07, 6.45) is 0. The first-order valence-electron chi connectivity index (χ1n) is 7.80. The van der Waals surface area contributed by atoms with Crippen molar-refractivity contribution < 1.29 is 24.2 Å². The second-order valence-corrected chi connectivity index (χ2v) is 6.22. The number of nitrogens with zero attached hydrogens (tertiary/aromatic N) is 2. The highest BCUT2D eigenvalue weighted by molar-refractivity contribution is 6.34. The standard InChI is InChI=1S/C17H20ClN3O5/c1-20(2)15(23)11-5-4-10(8-13(11)18)19-14-12(17(25)26-3)9-21(6-7-22)16(14)24/h4-5,8,19,22H,6-7,9H2,1-3H3. The van der Waals surface area contributed by atoms with Gasteiger partial charge in [0.2, 0.25) is 0 Å². The number of esters is 1. The lowest BCUT2D eigenvalue weighted by atomic mass is 10.1. The number of anilines is 1. The Bertz CT molecular complexity index is 776. The lowest BCUT2D eigenvalue weighted by Gasteiger charge is -2.15. The Kier molecular flexibility index (Phi) is 6.23. The SMILES string of the molecule is COC(=O)C1=C(Nc2ccc(C(=O)N(C)C)c(Cl)c2)C(=O)N(CCO)C1. The Hall–Kier alpha value is -2.58. The van der Waals surface area contributed by atoms with Crippen LogP contribution >= 0.6 is 11.6 Å². The van der Waals surface area contributed by atoms with Gasteiger partial charge >= 0.3 is 5.97 Å². The molecular formula is C17H20ClN3O5. The van der Waals surface area contributed by atoms with Crippen LogP contribution in [0.25, 0.3) is 0 Å². The van der Waals surface area contributed by atoms with Gasteiger partial charge in [-0.25, -0.2) is 4.79 Å². The lowest BCUT2D eigenvalue weighted by molar-refractivity contribution is -0.136. The summed E-state index contributed by atoms with van der Waals surface area (Å²) in [6, 6.07) is 4.63. The molecule has 0 spiro atoms. The van der Waals surface area contributed by atoms with E-state index in [0.717, 1.165) is 0 Å². The maximum atomic E-state index is 12.5. The van der Waals surface area contributed by atoms with E-state index in [0.29, 0.717) is 11.3 Å². The highest BCUT2D eigenvalue weighted by Crippen LogP contribution is 2.26. The summed E-state index contributed by atoms with van der Waals surface area (Å²) in [6.45, 7) is -0.0818. The number of carbonyl (C=O) groups excluding carboxylic acids is 3. The molecule has 0 bridgehead atoms. The van der Waals surface area contributed by atoms with Crippen LogP contribution in [0.3, 0.4) is 0 Å². The molecule has 1 aromatic carbocycles. The van der Waals surface area contributed by atoms with Crippen molar-refractivity contribution in [3.05, 3.63) is 40.1 Å². The monoisotopic (exact) mass is 381 g/mol. The van der Waals surface area contributed by atoms with Crippen LogP contribution in [0.2, 0.25) is 5.02 Å². The average molecular weight is 382 g/mol. The first-order valence-corrected chi connectivity index (χ1v) is 8.17. The summed E-state index contributed by atoms with van der Waals surface area (Å²) in [5.74, 6) is -1.31. The van der Waals surface area contributed by atoms with Crippen molar-refractivity contribution in [3.63, 3.8) is 0 Å². The molecule has 2 N–H and O–H groups in total. The van der Waals surface area contributed by atoms with Gasteiger partial charge in [-0.2, -0.15) is 0 Å². The molecule has 2 amide bonds. The number of β-amino-alcohol motifs (C(OH)–C–C–N with tert-alkyl or cyclic N) is 1. The summed E-state index contributed by atoms with van der Waals surface area (Å²) >= 11 is 6.17. The van der Waals surface area contributed by atoms with Crippen LogP contribution in [-0.4, -0.2) is 73.6 Å². The molecule has 0 fully saturated rings. The molecule has 2 rings (SSSR count). The average Bonchev–Trinajstić information content (AvgIpc) is 2.90. The van der Waals surface area contributed by atoms with Crippen molar-refractivity contribution in [2.24, 2.45) is 0 Å². The molecule has 1 aliphatic heterocycles. The number of nitrogens with one attached hydrogen (secondary N) is 1. The van der Waals surface area contributed by atoms with E-state index in [2.05, 4.69) is 5.32 Å². The lowest BCUT2D eigenvalue weighted by Crippen LogP contribution is -2.31. The van der Waals surface area contributed by atoms with Crippen molar-refractivity contribution >= 4 is 35.1 Å². The van der Waals surface area contributed by atoms with Gasteiger partial charge < -0.3 is 25.0 Å². The van der Waals surface area contributed by atoms with Crippen molar-refractivity contribution in [1.29, 1.82) is 0 Å². The number of aliphatic hydroxyl groups is 1. The summed E-state index contributed by atoms with van der Waals surface area (Å²) in [5.41, 5.74) is 0.994. The summed E-state index contributed by atoms with van der Waals surface area (Å²) < 4.78 is 4.72. The minimum Gasteiger partial charge on any atom is -0.466 e. The number of aliphatic hydroxyl groups excluding tert-OH is 1. The molecule has 0 atom stereocenters. The van der Waals surface area contributed by atoms with Crippen molar-refractivity contribution in [1.82, 2.24) is 9.80 Å². The van der Waals surface area contributed by atoms with Crippen LogP contribution in [0, 0.1) is 0 Å². The van der Waals surface area contributed by atoms with E-state index >= 15 is 0 Å². The van der Waals surface area contributed by atoms with Gasteiger partial charge in [0.1, 0.15) is 5.70 Å². The van der Waals surface area contributed by atoms with Gasteiger partial charge in [-0.15, -0.1) is 0 Å². The fraction of sp³-hybridized carbons (Fsp3) is 0.353. The van der Waals surface area contributed by atoms with Gasteiger partial charge in [0.25, 0.3) is 11.8 Å². The molecule has 9 heteroatoms. The highest BCUT2D eigenvalue weighted by atomic mass is 35.5. The Morgan fingerprint density at radius 3 is 2.62 bits per heavy atom. The number of benzene rings is 1. The third-order valence-corrected chi connectivity index (χ3v) is 4.14. The molecule has 140 valence electrons. The molecule has 26 heavy (non-hydrogen) atoms. The number of ether oxygens (including phenoxy) is 1. The van der Waals surface area contributed by atoms with Gasteiger partial charge in [-0.3, -0.25) is 9.59 Å². The van der Waals surface area contributed by atoms with Gasteiger partial charge in [-0.1, -0.05) is 11.6 Å². The molecule has 1 aromatic rings. The second kappa shape index (κ2) is 8.20. The molecule has 0 aromatic heterocycles. The normalized spacial score (nSPS) is 13.9. The number of hydrogen-bond acceptors (Lipinski definition) is 6. The molecule has 8 nitrogen and oxygen atoms in total. The molecule has 0 aliphatic carbocycles. The number of halogens is 1. The molecule has 1 heterocycles. The van der Waals surface area contributed by atoms with Gasteiger partial charge in [0, 0.05) is 26.3 Å². The largest absolute Gasteiger partial charge is 0.466 e. The Morgan fingerprint density at radius 2 is 2.08 bits per heavy atom. The molecule has 0 unspecified atom stereocenters. The van der Waals surface area contributed by atoms with Crippen molar-refractivity contribution in [2.45, 2.75) is 0 Å². The topological polar surface area (TPSA) is 99.2 Å². The third kappa shape index (κ3) is 3.97. The minimum absolute atomic E-state index is 0.0410. The molecule has 0 saturated carbocycles. The van der Waals surface area contributed by atoms with E-state index in [1.807, 2.05) is 0 Å². The smallest absolute Gasteiger partial charge is 0.337 e. The Morgan fingerprint density at radius 1 is 1.38 bits per heavy atom. The van der Waals surface area contributed by atoms with E-state index < -0.39 is 11.9 Å². The number of methoxy groups -OCH3 is 1. The van der Waals surface area contributed by atoms with E-state index in [4.69, 9.17) is 21.4 Å². The van der Waals surface area contributed by atoms with Crippen LogP contribution in [0.1, 0.15) is 10.4 Å². The Balaban J connectivity index is 2.32. The fourth-order valence-corrected chi connectivity index (χ4v) is 2.76. The van der Waals surface area contributed by atoms with E-state index in [1.165, 1.54) is 29.0 Å². The van der Waals surface area contributed by atoms with Gasteiger partial charge in [0.05, 0.1) is 36.4 Å². The predicted octanol–water partition coefficient (Wildman–Crippen LogP) is 0.715. The number of amides is 2. The van der Waals surface area contributed by atoms with Crippen LogP contribution in [0.5, 0.6) is 0 Å². The van der Waals surface area contributed by atoms with E-state index in [9.17, 15) is 14.4 Å². The maximum Gasteiger partial charge on any atom is 0.337 e. The van der Waals surface area contributed by atoms with Crippen LogP contribution in [0.15, 0.2) is 29.5 Å². The molecule has 0 saturated heterocycles. The molecule has 1 aliphatic rings. The zero-order valence-corrected chi connectivity index (χ0v) is 15.5. The van der Waals surface area contributed by atoms with Crippen molar-refractivity contribution in [2.75, 3.05) is 46.2 Å². The minimum atomic E-state index is -0.633. The number of carbonyl (C=O) groups is 3. The quantitative estimate of drug-likeness (QED) is 0.704. The number of rotatable bonds is 6. The molecule has 0 radical (unpaired) electrons. The summed E-state index contributed by atoms with van der Waals surface area (Å²) in [7, 11) is 4.46. The van der Waals surface area contributed by atoms with Gasteiger partial charge in [-0.05, 0) is 18.2 Å². The third-order valence-electron chi connectivity index (χ3n) is 3.83. The van der Waals surface area contributed by atoms with Crippen LogP contribution in [-0.2, 0) is 14.3 Å². The van der Waals surface area contributed by atoms with Gasteiger partial charge in [0.15, 0.2) is 0 Å². The number of hydrogen-bond donors (Lipinski definition) is 2. The predicted molar refractivity (Wildman–Crippen MR) is 95.8 cm³/mol. The zero-order chi connectivity index (χ0) is 19.4. The fourth-order valence-electron chi connectivity index (χ4n) is 2.50. The first-order chi connectivity index (χ1) is 12.3.